The van der Waals surface area contributed by atoms with Crippen LogP contribution in [0.4, 0.5) is 0 Å². The smallest absolute Gasteiger partial charge is 0.361 e. The molecule has 7 heteroatoms. The van der Waals surface area contributed by atoms with Crippen molar-refractivity contribution in [2.75, 3.05) is 13.7 Å². The minimum Gasteiger partial charge on any atom is -0.497 e. The van der Waals surface area contributed by atoms with Gasteiger partial charge in [0, 0.05) is 10.5 Å². The number of nitro groups is 1. The molecular formula is C18H16N2O5. The number of nitrogens with zero attached hydrogens (tertiary/aromatic N) is 1. The summed E-state index contributed by atoms with van der Waals surface area (Å²) in [5, 5.41) is 13.8. The third-order valence-corrected chi connectivity index (χ3v) is 4.00. The van der Waals surface area contributed by atoms with E-state index in [1.54, 1.807) is 24.3 Å². The highest BCUT2D eigenvalue weighted by Crippen LogP contribution is 2.31. The summed E-state index contributed by atoms with van der Waals surface area (Å²) in [5.74, 6) is -0.105. The van der Waals surface area contributed by atoms with Crippen LogP contribution >= 0.6 is 0 Å². The van der Waals surface area contributed by atoms with Gasteiger partial charge in [0.25, 0.3) is 0 Å². The normalized spacial score (nSPS) is 11.9. The summed E-state index contributed by atoms with van der Waals surface area (Å²) in [5.41, 5.74) is 1.45. The van der Waals surface area contributed by atoms with Crippen LogP contribution in [0.2, 0.25) is 0 Å². The standard InChI is InChI=1S/C18H16N2O5/c1-24-14-9-7-12(8-10-14)15(11-20(22)23)16-17(19-25-18(16)21)13-5-3-2-4-6-13/h2-10,15,19H,11H2,1H3. The molecule has 0 aliphatic heterocycles. The number of aromatic amines is 1. The maximum atomic E-state index is 12.3. The van der Waals surface area contributed by atoms with E-state index in [1.807, 2.05) is 30.3 Å². The van der Waals surface area contributed by atoms with Crippen molar-refractivity contribution < 1.29 is 14.2 Å². The number of H-pyrrole nitrogens is 1. The Morgan fingerprint density at radius 3 is 2.44 bits per heavy atom. The van der Waals surface area contributed by atoms with Crippen LogP contribution in [0.1, 0.15) is 17.0 Å². The van der Waals surface area contributed by atoms with E-state index in [2.05, 4.69) is 5.16 Å². The summed E-state index contributed by atoms with van der Waals surface area (Å²) >= 11 is 0. The molecule has 0 saturated heterocycles. The molecule has 0 fully saturated rings. The second-order valence-corrected chi connectivity index (χ2v) is 5.49. The van der Waals surface area contributed by atoms with E-state index in [0.29, 0.717) is 17.0 Å². The van der Waals surface area contributed by atoms with Gasteiger partial charge in [-0.2, -0.15) is 0 Å². The maximum absolute atomic E-state index is 12.3. The zero-order valence-electron chi connectivity index (χ0n) is 13.5. The highest BCUT2D eigenvalue weighted by Gasteiger charge is 2.29. The van der Waals surface area contributed by atoms with Crippen LogP contribution in [0.25, 0.3) is 11.3 Å². The third kappa shape index (κ3) is 3.45. The minimum atomic E-state index is -0.737. The Morgan fingerprint density at radius 2 is 1.84 bits per heavy atom. The Labute approximate surface area is 143 Å². The molecule has 3 rings (SSSR count). The predicted octanol–water partition coefficient (Wildman–Crippen LogP) is 3.05. The first-order valence-corrected chi connectivity index (χ1v) is 7.62. The number of methoxy groups -OCH3 is 1. The van der Waals surface area contributed by atoms with Crippen molar-refractivity contribution in [3.63, 3.8) is 0 Å². The summed E-state index contributed by atoms with van der Waals surface area (Å²) < 4.78 is 10.1. The van der Waals surface area contributed by atoms with Gasteiger partial charge in [-0.1, -0.05) is 42.5 Å². The van der Waals surface area contributed by atoms with Gasteiger partial charge in [0.05, 0.1) is 24.3 Å². The van der Waals surface area contributed by atoms with Crippen LogP contribution in [0.5, 0.6) is 5.75 Å². The number of rotatable bonds is 6. The molecule has 25 heavy (non-hydrogen) atoms. The molecule has 0 amide bonds. The number of benzene rings is 2. The van der Waals surface area contributed by atoms with Gasteiger partial charge in [-0.25, -0.2) is 9.95 Å². The Kier molecular flexibility index (Phi) is 4.65. The first-order valence-electron chi connectivity index (χ1n) is 7.62. The third-order valence-electron chi connectivity index (χ3n) is 4.00. The lowest BCUT2D eigenvalue weighted by Crippen LogP contribution is -2.19. The fourth-order valence-corrected chi connectivity index (χ4v) is 2.79. The lowest BCUT2D eigenvalue weighted by molar-refractivity contribution is -0.481. The number of ether oxygens (including phenoxy) is 1. The molecular weight excluding hydrogens is 324 g/mol. The van der Waals surface area contributed by atoms with Gasteiger partial charge in [-0.3, -0.25) is 10.1 Å². The van der Waals surface area contributed by atoms with Gasteiger partial charge in [-0.15, -0.1) is 0 Å². The van der Waals surface area contributed by atoms with Crippen molar-refractivity contribution in [1.82, 2.24) is 5.16 Å². The first-order chi connectivity index (χ1) is 12.1. The second-order valence-electron chi connectivity index (χ2n) is 5.49. The molecule has 2 aromatic carbocycles. The quantitative estimate of drug-likeness (QED) is 0.549. The average Bonchev–Trinajstić information content (AvgIpc) is 3.02. The van der Waals surface area contributed by atoms with Crippen LogP contribution < -0.4 is 10.4 Å². The summed E-state index contributed by atoms with van der Waals surface area (Å²) in [7, 11) is 1.54. The molecule has 0 aliphatic rings. The van der Waals surface area contributed by atoms with Crippen LogP contribution in [0.3, 0.4) is 0 Å². The maximum Gasteiger partial charge on any atom is 0.361 e. The molecule has 1 unspecified atom stereocenters. The largest absolute Gasteiger partial charge is 0.497 e. The minimum absolute atomic E-state index is 0.244. The molecule has 7 nitrogen and oxygen atoms in total. The fraction of sp³-hybridized carbons (Fsp3) is 0.167. The molecule has 0 aliphatic carbocycles. The predicted molar refractivity (Wildman–Crippen MR) is 91.5 cm³/mol. The molecule has 1 aromatic heterocycles. The van der Waals surface area contributed by atoms with Gasteiger partial charge in [0.1, 0.15) is 5.75 Å². The van der Waals surface area contributed by atoms with Gasteiger partial charge in [-0.05, 0) is 17.7 Å². The monoisotopic (exact) mass is 340 g/mol. The van der Waals surface area contributed by atoms with Crippen molar-refractivity contribution >= 4 is 0 Å². The van der Waals surface area contributed by atoms with Gasteiger partial charge < -0.3 is 9.26 Å². The van der Waals surface area contributed by atoms with Crippen molar-refractivity contribution in [2.24, 2.45) is 0 Å². The SMILES string of the molecule is COc1ccc(C(C[N+](=O)[O-])c2c(-c3ccccc3)[nH]oc2=O)cc1. The van der Waals surface area contributed by atoms with E-state index in [1.165, 1.54) is 7.11 Å². The van der Waals surface area contributed by atoms with E-state index in [9.17, 15) is 14.9 Å². The summed E-state index contributed by atoms with van der Waals surface area (Å²) in [4.78, 5) is 23.1. The summed E-state index contributed by atoms with van der Waals surface area (Å²) in [6, 6.07) is 15.9. The van der Waals surface area contributed by atoms with E-state index in [-0.39, 0.29) is 5.56 Å². The first kappa shape index (κ1) is 16.5. The number of nitrogens with one attached hydrogen (secondary N) is 1. The topological polar surface area (TPSA) is 98.4 Å². The Hall–Kier alpha value is -3.35. The summed E-state index contributed by atoms with van der Waals surface area (Å²) in [6.07, 6.45) is 0. The molecule has 128 valence electrons. The van der Waals surface area contributed by atoms with E-state index in [0.717, 1.165) is 5.56 Å². The fourth-order valence-electron chi connectivity index (χ4n) is 2.79. The molecule has 0 bridgehead atoms. The zero-order chi connectivity index (χ0) is 17.8. The Bertz CT molecular complexity index is 913. The molecule has 1 heterocycles. The van der Waals surface area contributed by atoms with E-state index >= 15 is 0 Å². The van der Waals surface area contributed by atoms with E-state index in [4.69, 9.17) is 9.26 Å². The number of hydrogen-bond acceptors (Lipinski definition) is 5. The Morgan fingerprint density at radius 1 is 1.16 bits per heavy atom. The molecule has 0 spiro atoms. The highest BCUT2D eigenvalue weighted by molar-refractivity contribution is 5.63. The molecule has 0 radical (unpaired) electrons. The summed E-state index contributed by atoms with van der Waals surface area (Å²) in [6.45, 7) is -0.422. The molecule has 1 N–H and O–H groups in total. The molecule has 3 aromatic rings. The number of hydrogen-bond donors (Lipinski definition) is 1. The van der Waals surface area contributed by atoms with E-state index < -0.39 is 23.0 Å². The number of aromatic nitrogens is 1. The molecule has 1 atom stereocenters. The van der Waals surface area contributed by atoms with Gasteiger partial charge in [0.15, 0.2) is 0 Å². The van der Waals surface area contributed by atoms with Gasteiger partial charge in [0.2, 0.25) is 6.54 Å². The Balaban J connectivity index is 2.12. The second kappa shape index (κ2) is 7.04. The van der Waals surface area contributed by atoms with Crippen molar-refractivity contribution in [3.05, 3.63) is 86.3 Å². The van der Waals surface area contributed by atoms with Gasteiger partial charge >= 0.3 is 5.63 Å². The molecule has 0 saturated carbocycles. The van der Waals surface area contributed by atoms with Crippen LogP contribution in [-0.4, -0.2) is 23.7 Å². The van der Waals surface area contributed by atoms with Crippen LogP contribution in [0, 0.1) is 10.1 Å². The van der Waals surface area contributed by atoms with Crippen molar-refractivity contribution in [3.8, 4) is 17.0 Å². The van der Waals surface area contributed by atoms with Crippen molar-refractivity contribution in [2.45, 2.75) is 5.92 Å². The zero-order valence-corrected chi connectivity index (χ0v) is 13.5. The van der Waals surface area contributed by atoms with Crippen molar-refractivity contribution in [1.29, 1.82) is 0 Å². The average molecular weight is 340 g/mol. The van der Waals surface area contributed by atoms with Crippen LogP contribution in [0.15, 0.2) is 63.9 Å². The lowest BCUT2D eigenvalue weighted by Gasteiger charge is -2.13. The van der Waals surface area contributed by atoms with Crippen LogP contribution in [-0.2, 0) is 0 Å². The lowest BCUT2D eigenvalue weighted by atomic mass is 9.89. The highest BCUT2D eigenvalue weighted by atomic mass is 16.6.